The van der Waals surface area contributed by atoms with Crippen LogP contribution in [0.25, 0.3) is 0 Å². The predicted octanol–water partition coefficient (Wildman–Crippen LogP) is 4.27. The molecule has 34 heavy (non-hydrogen) atoms. The second kappa shape index (κ2) is 8.75. The number of carbonyl (C=O) groups excluding carboxylic acids is 2. The molecule has 0 radical (unpaired) electrons. The Morgan fingerprint density at radius 2 is 1.47 bits per heavy atom. The van der Waals surface area contributed by atoms with Crippen molar-refractivity contribution in [2.75, 3.05) is 12.1 Å². The molecule has 3 rings (SSSR count). The number of alkyl halides is 6. The molecule has 1 aliphatic heterocycles. The molecule has 1 saturated heterocycles. The Kier molecular flexibility index (Phi) is 6.49. The van der Waals surface area contributed by atoms with E-state index in [1.54, 1.807) is 25.1 Å². The van der Waals surface area contributed by atoms with Gasteiger partial charge in [0.25, 0.3) is 11.8 Å². The fourth-order valence-corrected chi connectivity index (χ4v) is 3.37. The number of halogens is 6. The molecule has 1 atom stereocenters. The van der Waals surface area contributed by atoms with Gasteiger partial charge in [-0.2, -0.15) is 26.3 Å². The van der Waals surface area contributed by atoms with Crippen molar-refractivity contribution in [2.45, 2.75) is 37.9 Å². The molecule has 0 bridgehead atoms. The van der Waals surface area contributed by atoms with E-state index in [-0.39, 0.29) is 5.69 Å². The van der Waals surface area contributed by atoms with Gasteiger partial charge in [0.1, 0.15) is 5.71 Å². The van der Waals surface area contributed by atoms with Crippen molar-refractivity contribution in [1.82, 2.24) is 10.3 Å². The normalized spacial score (nSPS) is 19.1. The second-order valence-electron chi connectivity index (χ2n) is 7.73. The van der Waals surface area contributed by atoms with Gasteiger partial charge in [-0.15, -0.1) is 0 Å². The zero-order chi connectivity index (χ0) is 25.5. The number of aliphatic imine (C=N–C) groups is 1. The summed E-state index contributed by atoms with van der Waals surface area (Å²) in [6.45, 7) is 2.87. The number of aryl methyl sites for hydroxylation is 1. The smallest absolute Gasteiger partial charge is 0.313 e. The van der Waals surface area contributed by atoms with Gasteiger partial charge >= 0.3 is 18.0 Å². The Balaban J connectivity index is 2.14. The first-order chi connectivity index (χ1) is 15.7. The van der Waals surface area contributed by atoms with E-state index in [1.165, 1.54) is 38.2 Å². The maximum absolute atomic E-state index is 14.1. The summed E-state index contributed by atoms with van der Waals surface area (Å²) in [7, 11) is 1.33. The topological polar surface area (TPSA) is 65.0 Å². The van der Waals surface area contributed by atoms with Crippen LogP contribution in [0.1, 0.15) is 22.8 Å². The Morgan fingerprint density at radius 3 is 1.97 bits per heavy atom. The number of para-hydroxylation sites is 1. The van der Waals surface area contributed by atoms with E-state index < -0.39 is 47.1 Å². The van der Waals surface area contributed by atoms with Crippen molar-refractivity contribution in [1.29, 1.82) is 0 Å². The molecular formula is C22H20F6N4O2. The van der Waals surface area contributed by atoms with Crippen LogP contribution in [0.4, 0.5) is 32.0 Å². The molecule has 6 nitrogen and oxygen atoms in total. The molecule has 1 fully saturated rings. The first kappa shape index (κ1) is 25.2. The van der Waals surface area contributed by atoms with Crippen LogP contribution in [0, 0.1) is 6.92 Å². The highest BCUT2D eigenvalue weighted by atomic mass is 19.4. The van der Waals surface area contributed by atoms with Gasteiger partial charge in [0.05, 0.1) is 11.7 Å². The summed E-state index contributed by atoms with van der Waals surface area (Å²) in [5.74, 6) is -2.82. The molecule has 2 amide bonds. The first-order valence-electron chi connectivity index (χ1n) is 9.94. The average molecular weight is 486 g/mol. The maximum Gasteiger partial charge on any atom is 0.441 e. The van der Waals surface area contributed by atoms with Crippen LogP contribution in [0.15, 0.2) is 59.6 Å². The highest BCUT2D eigenvalue weighted by Gasteiger charge is 2.73. The van der Waals surface area contributed by atoms with Gasteiger partial charge in [0, 0.05) is 12.6 Å². The number of rotatable bonds is 4. The Bertz CT molecular complexity index is 1080. The number of hydrogen-bond acceptors (Lipinski definition) is 4. The molecule has 2 aromatic carbocycles. The number of carbonyl (C=O) groups is 2. The van der Waals surface area contributed by atoms with E-state index in [0.29, 0.717) is 5.56 Å². The molecule has 1 heterocycles. The van der Waals surface area contributed by atoms with E-state index >= 15 is 0 Å². The van der Waals surface area contributed by atoms with Gasteiger partial charge in [0.2, 0.25) is 0 Å². The summed E-state index contributed by atoms with van der Waals surface area (Å²) in [6, 6.07) is 11.3. The van der Waals surface area contributed by atoms with E-state index in [0.717, 1.165) is 27.5 Å². The van der Waals surface area contributed by atoms with Gasteiger partial charge in [-0.3, -0.25) is 9.59 Å². The third-order valence-corrected chi connectivity index (χ3v) is 5.40. The standard InChI is InChI=1S/C22H20F6N4O2/c1-13-9-11-15(12-10-13)18(33)30-20(21(23,24)25,22(26,27)28)29-17-14(2)31(3)32(19(17)34)16-7-5-4-6-8-16/h4-12,14H,1-3H3,(H,30,33). The number of benzene rings is 2. The third kappa shape index (κ3) is 4.37. The maximum atomic E-state index is 14.1. The molecule has 1 aliphatic rings. The minimum atomic E-state index is -6.11. The first-order valence-corrected chi connectivity index (χ1v) is 9.94. The number of anilines is 1. The quantitative estimate of drug-likeness (QED) is 0.657. The fourth-order valence-electron chi connectivity index (χ4n) is 3.37. The summed E-state index contributed by atoms with van der Waals surface area (Å²) in [5.41, 5.74) is -5.62. The molecule has 1 N–H and O–H groups in total. The summed E-state index contributed by atoms with van der Waals surface area (Å²) in [6.07, 6.45) is -12.2. The van der Waals surface area contributed by atoms with Gasteiger partial charge in [-0.1, -0.05) is 35.9 Å². The molecule has 182 valence electrons. The molecule has 12 heteroatoms. The highest BCUT2D eigenvalue weighted by Crippen LogP contribution is 2.45. The molecule has 1 unspecified atom stereocenters. The molecule has 2 aromatic rings. The lowest BCUT2D eigenvalue weighted by Gasteiger charge is -2.35. The zero-order valence-corrected chi connectivity index (χ0v) is 18.2. The van der Waals surface area contributed by atoms with Crippen LogP contribution in [0.3, 0.4) is 0 Å². The van der Waals surface area contributed by atoms with E-state index in [4.69, 9.17) is 0 Å². The van der Waals surface area contributed by atoms with E-state index in [1.807, 2.05) is 0 Å². The largest absolute Gasteiger partial charge is 0.441 e. The fraction of sp³-hybridized carbons (Fsp3) is 0.318. The zero-order valence-electron chi connectivity index (χ0n) is 18.2. The molecule has 0 spiro atoms. The monoisotopic (exact) mass is 486 g/mol. The van der Waals surface area contributed by atoms with Crippen molar-refractivity contribution in [3.05, 3.63) is 65.7 Å². The van der Waals surface area contributed by atoms with Gasteiger partial charge in [-0.25, -0.2) is 15.0 Å². The van der Waals surface area contributed by atoms with Gasteiger partial charge in [-0.05, 0) is 38.1 Å². The van der Waals surface area contributed by atoms with Crippen LogP contribution in [0.2, 0.25) is 0 Å². The minimum absolute atomic E-state index is 0.223. The average Bonchev–Trinajstić information content (AvgIpc) is 2.95. The van der Waals surface area contributed by atoms with Crippen molar-refractivity contribution in [3.8, 4) is 0 Å². The lowest BCUT2D eigenvalue weighted by Crippen LogP contribution is -2.67. The van der Waals surface area contributed by atoms with Crippen molar-refractivity contribution >= 4 is 23.2 Å². The Labute approximate surface area is 190 Å². The number of hydrazine groups is 1. The highest BCUT2D eigenvalue weighted by molar-refractivity contribution is 6.47. The Hall–Kier alpha value is -3.41. The number of hydrogen-bond donors (Lipinski definition) is 1. The molecule has 0 aliphatic carbocycles. The lowest BCUT2D eigenvalue weighted by molar-refractivity contribution is -0.301. The molecular weight excluding hydrogens is 466 g/mol. The van der Waals surface area contributed by atoms with Crippen molar-refractivity contribution in [2.24, 2.45) is 4.99 Å². The molecule has 0 saturated carbocycles. The van der Waals surface area contributed by atoms with Gasteiger partial charge in [0.15, 0.2) is 0 Å². The number of amides is 2. The second-order valence-corrected chi connectivity index (χ2v) is 7.73. The van der Waals surface area contributed by atoms with Crippen LogP contribution >= 0.6 is 0 Å². The lowest BCUT2D eigenvalue weighted by atomic mass is 10.1. The number of nitrogens with zero attached hydrogens (tertiary/aromatic N) is 3. The van der Waals surface area contributed by atoms with Gasteiger partial charge < -0.3 is 5.32 Å². The minimum Gasteiger partial charge on any atom is -0.313 e. The van der Waals surface area contributed by atoms with Crippen LogP contribution in [-0.2, 0) is 4.79 Å². The SMILES string of the molecule is Cc1ccc(C(=O)NC(N=C2C(=O)N(c3ccccc3)N(C)C2C)(C(F)(F)F)C(F)(F)F)cc1. The molecule has 0 aromatic heterocycles. The van der Waals surface area contributed by atoms with Crippen LogP contribution in [-0.4, -0.2) is 53.6 Å². The number of nitrogens with one attached hydrogen (secondary N) is 1. The summed E-state index contributed by atoms with van der Waals surface area (Å²) < 4.78 is 84.3. The summed E-state index contributed by atoms with van der Waals surface area (Å²) in [5, 5.41) is 3.10. The van der Waals surface area contributed by atoms with Crippen molar-refractivity contribution in [3.63, 3.8) is 0 Å². The summed E-state index contributed by atoms with van der Waals surface area (Å²) in [4.78, 5) is 28.3. The third-order valence-electron chi connectivity index (χ3n) is 5.40. The van der Waals surface area contributed by atoms with E-state index in [2.05, 4.69) is 4.99 Å². The summed E-state index contributed by atoms with van der Waals surface area (Å²) >= 11 is 0. The van der Waals surface area contributed by atoms with E-state index in [9.17, 15) is 35.9 Å². The predicted molar refractivity (Wildman–Crippen MR) is 112 cm³/mol. The Morgan fingerprint density at radius 1 is 0.941 bits per heavy atom. The van der Waals surface area contributed by atoms with Crippen LogP contribution < -0.4 is 10.3 Å². The van der Waals surface area contributed by atoms with Crippen LogP contribution in [0.5, 0.6) is 0 Å². The van der Waals surface area contributed by atoms with Crippen molar-refractivity contribution < 1.29 is 35.9 Å².